The molecule has 1 aliphatic heterocycles. The van der Waals surface area contributed by atoms with E-state index in [-0.39, 0.29) is 28.1 Å². The average molecular weight is 613 g/mol. The van der Waals surface area contributed by atoms with Crippen molar-refractivity contribution in [2.75, 3.05) is 15.5 Å². The fourth-order valence-corrected chi connectivity index (χ4v) is 7.82. The number of rotatable bonds is 10. The van der Waals surface area contributed by atoms with Gasteiger partial charge < -0.3 is 16.0 Å². The maximum atomic E-state index is 13.1. The van der Waals surface area contributed by atoms with Gasteiger partial charge in [0.05, 0.1) is 10.6 Å². The lowest BCUT2D eigenvalue weighted by Crippen LogP contribution is -2.63. The van der Waals surface area contributed by atoms with Gasteiger partial charge in [-0.1, -0.05) is 38.2 Å². The third-order valence-corrected chi connectivity index (χ3v) is 9.54. The minimum atomic E-state index is -3.82. The molecule has 2 aliphatic rings. The molecule has 4 rings (SSSR count). The molecule has 1 aliphatic carbocycles. The molecule has 2 amide bonds. The molecule has 11 heteroatoms. The second-order valence-electron chi connectivity index (χ2n) is 13.5. The number of nitrogens with one attached hydrogen (secondary N) is 6. The Balaban J connectivity index is 1.27. The summed E-state index contributed by atoms with van der Waals surface area (Å²) in [6, 6.07) is 13.4. The van der Waals surface area contributed by atoms with E-state index in [9.17, 15) is 18.0 Å². The van der Waals surface area contributed by atoms with Gasteiger partial charge in [0, 0.05) is 34.5 Å². The topological polar surface area (TPSA) is 140 Å². The van der Waals surface area contributed by atoms with Crippen LogP contribution in [0.25, 0.3) is 0 Å². The van der Waals surface area contributed by atoms with Crippen LogP contribution in [0.5, 0.6) is 0 Å². The molecular formula is C32H48N6O4S. The van der Waals surface area contributed by atoms with Gasteiger partial charge in [0.1, 0.15) is 0 Å². The van der Waals surface area contributed by atoms with E-state index >= 15 is 0 Å². The van der Waals surface area contributed by atoms with Crippen LogP contribution in [0.15, 0.2) is 53.4 Å². The van der Waals surface area contributed by atoms with Gasteiger partial charge in [0.2, 0.25) is 0 Å². The molecule has 1 heterocycles. The number of piperidine rings is 1. The Labute approximate surface area is 256 Å². The van der Waals surface area contributed by atoms with Gasteiger partial charge in [-0.05, 0) is 102 Å². The molecule has 1 unspecified atom stereocenters. The van der Waals surface area contributed by atoms with Gasteiger partial charge in [-0.15, -0.1) is 0 Å². The number of hydrazine groups is 1. The first-order valence-electron chi connectivity index (χ1n) is 15.4. The van der Waals surface area contributed by atoms with Crippen molar-refractivity contribution in [1.29, 1.82) is 0 Å². The van der Waals surface area contributed by atoms with Crippen LogP contribution >= 0.6 is 0 Å². The highest BCUT2D eigenvalue weighted by molar-refractivity contribution is 7.92. The first kappa shape index (κ1) is 32.6. The molecule has 0 aromatic heterocycles. The highest BCUT2D eigenvalue weighted by atomic mass is 32.2. The summed E-state index contributed by atoms with van der Waals surface area (Å²) in [5.41, 5.74) is 6.43. The minimum Gasteiger partial charge on any atom is -0.383 e. The van der Waals surface area contributed by atoms with Crippen LogP contribution in [0.2, 0.25) is 0 Å². The van der Waals surface area contributed by atoms with Crippen molar-refractivity contribution in [1.82, 2.24) is 16.1 Å². The highest BCUT2D eigenvalue weighted by Gasteiger charge is 2.38. The third-order valence-electron chi connectivity index (χ3n) is 8.16. The summed E-state index contributed by atoms with van der Waals surface area (Å²) in [5.74, 6) is -0.789. The van der Waals surface area contributed by atoms with Crippen LogP contribution in [0.1, 0.15) is 86.0 Å². The lowest BCUT2D eigenvalue weighted by atomic mass is 9.79. The Morgan fingerprint density at radius 2 is 1.51 bits per heavy atom. The number of hydrogen-bond acceptors (Lipinski definition) is 7. The van der Waals surface area contributed by atoms with Crippen LogP contribution in [0, 0.1) is 5.92 Å². The zero-order valence-electron chi connectivity index (χ0n) is 26.0. The van der Waals surface area contributed by atoms with Crippen LogP contribution in [0.3, 0.4) is 0 Å². The maximum absolute atomic E-state index is 13.1. The molecule has 1 saturated carbocycles. The fraction of sp³-hybridized carbons (Fsp3) is 0.562. The third kappa shape index (κ3) is 9.86. The summed E-state index contributed by atoms with van der Waals surface area (Å²) in [4.78, 5) is 25.1. The zero-order chi connectivity index (χ0) is 31.3. The Bertz CT molecular complexity index is 1350. The molecule has 0 spiro atoms. The van der Waals surface area contributed by atoms with Crippen molar-refractivity contribution in [3.8, 4) is 0 Å². The summed E-state index contributed by atoms with van der Waals surface area (Å²) in [7, 11) is -3.82. The molecular weight excluding hydrogens is 564 g/mol. The standard InChI is InChI=1S/C32H48N6O4S/c1-22(18-23-10-7-6-8-11-23)33-26-12-9-13-28(19-26)43(41,42)37-25-16-14-24(15-17-25)35-36-30(40)29(39)34-27-20-31(2,3)38-32(4,5)21-27/h9,12-17,19,22-23,27,33,35,37-38H,6-8,10-11,18,20-21H2,1-5H3,(H,34,39)(H,36,40). The second kappa shape index (κ2) is 13.5. The van der Waals surface area contributed by atoms with E-state index in [1.165, 1.54) is 32.1 Å². The monoisotopic (exact) mass is 612 g/mol. The average Bonchev–Trinajstić information content (AvgIpc) is 2.91. The number of anilines is 3. The number of amides is 2. The first-order chi connectivity index (χ1) is 20.2. The molecule has 6 N–H and O–H groups in total. The number of carbonyl (C=O) groups excluding carboxylic acids is 2. The van der Waals surface area contributed by atoms with Gasteiger partial charge in [0.15, 0.2) is 0 Å². The molecule has 236 valence electrons. The molecule has 10 nitrogen and oxygen atoms in total. The zero-order valence-corrected chi connectivity index (χ0v) is 26.9. The Morgan fingerprint density at radius 3 is 2.16 bits per heavy atom. The van der Waals surface area contributed by atoms with Gasteiger partial charge in [0.25, 0.3) is 10.0 Å². The molecule has 1 atom stereocenters. The summed E-state index contributed by atoms with van der Waals surface area (Å²) >= 11 is 0. The maximum Gasteiger partial charge on any atom is 0.327 e. The molecule has 43 heavy (non-hydrogen) atoms. The second-order valence-corrected chi connectivity index (χ2v) is 15.2. The lowest BCUT2D eigenvalue weighted by molar-refractivity contribution is -0.139. The van der Waals surface area contributed by atoms with Crippen molar-refractivity contribution >= 4 is 38.9 Å². The molecule has 1 saturated heterocycles. The van der Waals surface area contributed by atoms with Crippen molar-refractivity contribution in [3.63, 3.8) is 0 Å². The van der Waals surface area contributed by atoms with Gasteiger partial charge in [-0.25, -0.2) is 8.42 Å². The van der Waals surface area contributed by atoms with Gasteiger partial charge in [-0.3, -0.25) is 25.2 Å². The largest absolute Gasteiger partial charge is 0.383 e. The van der Waals surface area contributed by atoms with E-state index < -0.39 is 21.8 Å². The smallest absolute Gasteiger partial charge is 0.327 e. The summed E-state index contributed by atoms with van der Waals surface area (Å²) in [5, 5.41) is 9.85. The summed E-state index contributed by atoms with van der Waals surface area (Å²) < 4.78 is 28.8. The number of sulfonamides is 1. The highest BCUT2D eigenvalue weighted by Crippen LogP contribution is 2.30. The van der Waals surface area contributed by atoms with Crippen LogP contribution in [-0.2, 0) is 19.6 Å². The van der Waals surface area contributed by atoms with Crippen molar-refractivity contribution in [3.05, 3.63) is 48.5 Å². The minimum absolute atomic E-state index is 0.127. The van der Waals surface area contributed by atoms with E-state index in [0.29, 0.717) is 24.2 Å². The Hall–Kier alpha value is -3.31. The van der Waals surface area contributed by atoms with Crippen molar-refractivity contribution in [2.45, 2.75) is 114 Å². The predicted molar refractivity (Wildman–Crippen MR) is 172 cm³/mol. The first-order valence-corrected chi connectivity index (χ1v) is 16.8. The Morgan fingerprint density at radius 1 is 0.884 bits per heavy atom. The van der Waals surface area contributed by atoms with Crippen molar-refractivity contribution in [2.24, 2.45) is 5.92 Å². The Kier molecular flexibility index (Phi) is 10.3. The van der Waals surface area contributed by atoms with Crippen LogP contribution in [-0.4, -0.2) is 43.4 Å². The van der Waals surface area contributed by atoms with E-state index in [4.69, 9.17) is 0 Å². The molecule has 2 aromatic carbocycles. The normalized spacial score (nSPS) is 19.6. The van der Waals surface area contributed by atoms with Gasteiger partial charge in [-0.2, -0.15) is 0 Å². The van der Waals surface area contributed by atoms with E-state index in [1.807, 2.05) is 6.07 Å². The molecule has 0 bridgehead atoms. The number of hydrogen-bond donors (Lipinski definition) is 6. The lowest BCUT2D eigenvalue weighted by Gasteiger charge is -2.46. The summed E-state index contributed by atoms with van der Waals surface area (Å²) in [6.45, 7) is 10.5. The van der Waals surface area contributed by atoms with Crippen LogP contribution < -0.4 is 31.5 Å². The number of carbonyl (C=O) groups is 2. The quantitative estimate of drug-likeness (QED) is 0.162. The summed E-state index contributed by atoms with van der Waals surface area (Å²) in [6.07, 6.45) is 8.98. The SMILES string of the molecule is CC(CC1CCCCC1)Nc1cccc(S(=O)(=O)Nc2ccc(NNC(=O)C(=O)NC3CC(C)(C)NC(C)(C)C3)cc2)c1. The van der Waals surface area contributed by atoms with Crippen molar-refractivity contribution < 1.29 is 18.0 Å². The number of benzene rings is 2. The van der Waals surface area contributed by atoms with E-state index in [2.05, 4.69) is 66.1 Å². The van der Waals surface area contributed by atoms with Gasteiger partial charge >= 0.3 is 11.8 Å². The molecule has 2 aromatic rings. The van der Waals surface area contributed by atoms with E-state index in [0.717, 1.165) is 18.0 Å². The predicted octanol–water partition coefficient (Wildman–Crippen LogP) is 5.13. The molecule has 0 radical (unpaired) electrons. The fourth-order valence-electron chi connectivity index (χ4n) is 6.72. The van der Waals surface area contributed by atoms with E-state index in [1.54, 1.807) is 42.5 Å². The van der Waals surface area contributed by atoms with Crippen LogP contribution in [0.4, 0.5) is 17.1 Å². The molecule has 2 fully saturated rings.